The molecule has 1 aromatic heterocycles. The quantitative estimate of drug-likeness (QED) is 0.448. The molecule has 1 fully saturated rings. The zero-order valence-corrected chi connectivity index (χ0v) is 22.1. The van der Waals surface area contributed by atoms with E-state index in [-0.39, 0.29) is 30.3 Å². The summed E-state index contributed by atoms with van der Waals surface area (Å²) in [6.07, 6.45) is 1.45. The van der Waals surface area contributed by atoms with E-state index in [9.17, 15) is 14.4 Å². The number of amides is 2. The van der Waals surface area contributed by atoms with Crippen molar-refractivity contribution < 1.29 is 33.3 Å². The minimum Gasteiger partial charge on any atom is -0.493 e. The number of hydrogen-bond acceptors (Lipinski definition) is 9. The molecule has 5 rings (SSSR count). The Balaban J connectivity index is 1.22. The maximum absolute atomic E-state index is 13.3. The summed E-state index contributed by atoms with van der Waals surface area (Å²) in [5.74, 6) is 0.487. The number of thiazole rings is 1. The molecule has 1 N–H and O–H groups in total. The average molecular weight is 538 g/mol. The number of carbonyl (C=O) groups excluding carboxylic acids is 3. The van der Waals surface area contributed by atoms with E-state index >= 15 is 0 Å². The fourth-order valence-corrected chi connectivity index (χ4v) is 5.71. The van der Waals surface area contributed by atoms with Gasteiger partial charge in [0.1, 0.15) is 12.3 Å². The van der Waals surface area contributed by atoms with Gasteiger partial charge in [-0.1, -0.05) is 6.07 Å². The first-order valence-corrected chi connectivity index (χ1v) is 13.0. The Hall–Kier alpha value is -4.12. The van der Waals surface area contributed by atoms with Crippen LogP contribution in [0.5, 0.6) is 17.2 Å². The number of hydrogen-bond donors (Lipinski definition) is 1. The van der Waals surface area contributed by atoms with Gasteiger partial charge in [-0.15, -0.1) is 11.3 Å². The molecule has 0 spiro atoms. The van der Waals surface area contributed by atoms with Crippen LogP contribution in [0.2, 0.25) is 0 Å². The summed E-state index contributed by atoms with van der Waals surface area (Å²) in [5.41, 5.74) is 2.52. The molecule has 0 saturated carbocycles. The van der Waals surface area contributed by atoms with Crippen molar-refractivity contribution in [2.24, 2.45) is 0 Å². The number of carbonyl (C=O) groups is 3. The van der Waals surface area contributed by atoms with Gasteiger partial charge in [-0.05, 0) is 37.1 Å². The topological polar surface area (TPSA) is 116 Å². The van der Waals surface area contributed by atoms with Gasteiger partial charge in [0, 0.05) is 35.6 Å². The molecule has 3 heterocycles. The lowest BCUT2D eigenvalue weighted by atomic mass is 9.97. The number of nitrogens with one attached hydrogen (secondary N) is 1. The molecule has 11 heteroatoms. The predicted octanol–water partition coefficient (Wildman–Crippen LogP) is 4.11. The summed E-state index contributed by atoms with van der Waals surface area (Å²) >= 11 is 1.44. The van der Waals surface area contributed by atoms with Crippen molar-refractivity contribution in [3.8, 4) is 17.2 Å². The number of anilines is 1. The summed E-state index contributed by atoms with van der Waals surface area (Å²) in [7, 11) is 4.53. The number of rotatable bonds is 7. The fraction of sp³-hybridized carbons (Fsp3) is 0.333. The molecule has 0 bridgehead atoms. The van der Waals surface area contributed by atoms with Crippen LogP contribution >= 0.6 is 11.3 Å². The summed E-state index contributed by atoms with van der Waals surface area (Å²) in [5, 5.41) is 5.41. The van der Waals surface area contributed by atoms with Gasteiger partial charge in [0.15, 0.2) is 11.5 Å². The molecule has 2 aromatic carbocycles. The van der Waals surface area contributed by atoms with Crippen LogP contribution in [0.3, 0.4) is 0 Å². The maximum atomic E-state index is 13.3. The minimum absolute atomic E-state index is 0.140. The van der Waals surface area contributed by atoms with Crippen molar-refractivity contribution in [1.29, 1.82) is 0 Å². The van der Waals surface area contributed by atoms with E-state index in [2.05, 4.69) is 10.3 Å². The van der Waals surface area contributed by atoms with Gasteiger partial charge in [-0.3, -0.25) is 9.59 Å². The van der Waals surface area contributed by atoms with Crippen LogP contribution in [0, 0.1) is 0 Å². The second kappa shape index (κ2) is 10.7. The van der Waals surface area contributed by atoms with Crippen LogP contribution in [0.4, 0.5) is 5.69 Å². The smallest absolute Gasteiger partial charge is 0.338 e. The van der Waals surface area contributed by atoms with Crippen LogP contribution < -0.4 is 19.5 Å². The Kier molecular flexibility index (Phi) is 7.19. The molecule has 38 heavy (non-hydrogen) atoms. The number of piperidine rings is 1. The second-order valence-electron chi connectivity index (χ2n) is 8.92. The molecular weight excluding hydrogens is 510 g/mol. The molecular formula is C27H27N3O7S. The largest absolute Gasteiger partial charge is 0.493 e. The molecule has 10 nitrogen and oxygen atoms in total. The van der Waals surface area contributed by atoms with Crippen molar-refractivity contribution in [3.05, 3.63) is 63.1 Å². The zero-order chi connectivity index (χ0) is 26.8. The van der Waals surface area contributed by atoms with Gasteiger partial charge in [0.25, 0.3) is 11.8 Å². The van der Waals surface area contributed by atoms with Crippen LogP contribution in [0.15, 0.2) is 35.7 Å². The molecule has 1 saturated heterocycles. The first-order valence-electron chi connectivity index (χ1n) is 12.1. The Morgan fingerprint density at radius 3 is 2.53 bits per heavy atom. The number of fused-ring (bicyclic) bond motifs is 1. The fourth-order valence-electron chi connectivity index (χ4n) is 4.74. The highest BCUT2D eigenvalue weighted by Crippen LogP contribution is 2.41. The SMILES string of the molecule is COc1ccc(C(=O)N2CCC(c3nc(C(=O)Nc4ccc5c(c4)C(=O)OC5)cs3)CC2)c(OC)c1OC. The van der Waals surface area contributed by atoms with Crippen LogP contribution in [-0.4, -0.2) is 62.1 Å². The van der Waals surface area contributed by atoms with E-state index in [4.69, 9.17) is 18.9 Å². The van der Waals surface area contributed by atoms with Gasteiger partial charge in [-0.25, -0.2) is 9.78 Å². The van der Waals surface area contributed by atoms with E-state index in [0.717, 1.165) is 23.4 Å². The number of aromatic nitrogens is 1. The highest BCUT2D eigenvalue weighted by Gasteiger charge is 2.30. The van der Waals surface area contributed by atoms with E-state index < -0.39 is 0 Å². The van der Waals surface area contributed by atoms with E-state index in [1.54, 1.807) is 40.6 Å². The number of benzene rings is 2. The molecule has 3 aromatic rings. The Bertz CT molecular complexity index is 1400. The summed E-state index contributed by atoms with van der Waals surface area (Å²) in [4.78, 5) is 44.2. The highest BCUT2D eigenvalue weighted by molar-refractivity contribution is 7.10. The number of nitrogens with zero attached hydrogens (tertiary/aromatic N) is 2. The number of esters is 1. The van der Waals surface area contributed by atoms with Crippen molar-refractivity contribution >= 4 is 34.8 Å². The van der Waals surface area contributed by atoms with Crippen LogP contribution in [0.1, 0.15) is 60.5 Å². The Labute approximate surface area is 223 Å². The number of likely N-dealkylation sites (tertiary alicyclic amines) is 1. The summed E-state index contributed by atoms with van der Waals surface area (Å²) in [6.45, 7) is 1.35. The van der Waals surface area contributed by atoms with E-state index in [0.29, 0.717) is 52.8 Å². The standard InChI is InChI=1S/C27H27N3O7S/c1-34-21-7-6-18(22(35-2)23(21)36-3)26(32)30-10-8-15(9-11-30)25-29-20(14-38-25)24(31)28-17-5-4-16-13-37-27(33)19(16)12-17/h4-7,12,14-15H,8-11,13H2,1-3H3,(H,28,31). The molecule has 0 unspecified atom stereocenters. The van der Waals surface area contributed by atoms with E-state index in [1.807, 2.05) is 0 Å². The minimum atomic E-state index is -0.388. The normalized spacial score (nSPS) is 15.0. The number of methoxy groups -OCH3 is 3. The van der Waals surface area contributed by atoms with Gasteiger partial charge in [-0.2, -0.15) is 0 Å². The summed E-state index contributed by atoms with van der Waals surface area (Å²) < 4.78 is 21.2. The van der Waals surface area contributed by atoms with Gasteiger partial charge in [0.2, 0.25) is 5.75 Å². The van der Waals surface area contributed by atoms with Gasteiger partial charge < -0.3 is 29.2 Å². The Morgan fingerprint density at radius 2 is 1.82 bits per heavy atom. The molecule has 198 valence electrons. The first-order chi connectivity index (χ1) is 18.4. The van der Waals surface area contributed by atoms with Crippen molar-refractivity contribution in [1.82, 2.24) is 9.88 Å². The molecule has 0 atom stereocenters. The third-order valence-corrected chi connectivity index (χ3v) is 7.77. The molecule has 0 radical (unpaired) electrons. The lowest BCUT2D eigenvalue weighted by Gasteiger charge is -2.31. The van der Waals surface area contributed by atoms with Gasteiger partial charge in [0.05, 0.1) is 37.5 Å². The molecule has 2 aliphatic heterocycles. The number of cyclic esters (lactones) is 1. The maximum Gasteiger partial charge on any atom is 0.338 e. The zero-order valence-electron chi connectivity index (χ0n) is 21.2. The lowest BCUT2D eigenvalue weighted by molar-refractivity contribution is 0.0534. The predicted molar refractivity (Wildman–Crippen MR) is 140 cm³/mol. The summed E-state index contributed by atoms with van der Waals surface area (Å²) in [6, 6.07) is 8.51. The highest BCUT2D eigenvalue weighted by atomic mass is 32.1. The third kappa shape index (κ3) is 4.76. The van der Waals surface area contributed by atoms with Crippen molar-refractivity contribution in [3.63, 3.8) is 0 Å². The van der Waals surface area contributed by atoms with Gasteiger partial charge >= 0.3 is 5.97 Å². The molecule has 0 aliphatic carbocycles. The molecule has 2 amide bonds. The lowest BCUT2D eigenvalue weighted by Crippen LogP contribution is -2.38. The third-order valence-electron chi connectivity index (χ3n) is 6.77. The van der Waals surface area contributed by atoms with Crippen LogP contribution in [0.25, 0.3) is 0 Å². The van der Waals surface area contributed by atoms with Crippen LogP contribution in [-0.2, 0) is 11.3 Å². The Morgan fingerprint density at radius 1 is 1.05 bits per heavy atom. The second-order valence-corrected chi connectivity index (χ2v) is 9.81. The van der Waals surface area contributed by atoms with Crippen molar-refractivity contribution in [2.45, 2.75) is 25.4 Å². The first kappa shape index (κ1) is 25.5. The number of ether oxygens (including phenoxy) is 4. The van der Waals surface area contributed by atoms with E-state index in [1.165, 1.54) is 32.7 Å². The average Bonchev–Trinajstić information content (AvgIpc) is 3.59. The monoisotopic (exact) mass is 537 g/mol. The molecule has 2 aliphatic rings. The van der Waals surface area contributed by atoms with Crippen molar-refractivity contribution in [2.75, 3.05) is 39.7 Å².